The molecule has 0 saturated carbocycles. The zero-order valence-electron chi connectivity index (χ0n) is 8.51. The number of hydrogen-bond donors (Lipinski definition) is 1. The molecule has 1 aromatic rings. The summed E-state index contributed by atoms with van der Waals surface area (Å²) in [6.07, 6.45) is 4.28. The van der Waals surface area contributed by atoms with Crippen LogP contribution >= 0.6 is 15.9 Å². The SMILES string of the molecule is CS(=O)CCNS(=O)(=O)c1cncc(Br)c1. The zero-order valence-corrected chi connectivity index (χ0v) is 11.7. The van der Waals surface area contributed by atoms with Gasteiger partial charge in [-0.25, -0.2) is 13.1 Å². The number of nitrogens with one attached hydrogen (secondary N) is 1. The van der Waals surface area contributed by atoms with Gasteiger partial charge in [0.15, 0.2) is 0 Å². The van der Waals surface area contributed by atoms with Gasteiger partial charge in [-0.3, -0.25) is 9.19 Å². The van der Waals surface area contributed by atoms with Crippen LogP contribution in [-0.2, 0) is 20.8 Å². The maximum absolute atomic E-state index is 11.7. The van der Waals surface area contributed by atoms with E-state index in [0.717, 1.165) is 0 Å². The van der Waals surface area contributed by atoms with Crippen LogP contribution in [0.3, 0.4) is 0 Å². The Balaban J connectivity index is 2.74. The Morgan fingerprint density at radius 2 is 2.19 bits per heavy atom. The number of rotatable bonds is 5. The van der Waals surface area contributed by atoms with Crippen molar-refractivity contribution in [1.29, 1.82) is 0 Å². The Bertz CT molecular complexity index is 490. The van der Waals surface area contributed by atoms with Crippen LogP contribution in [0, 0.1) is 0 Å². The highest BCUT2D eigenvalue weighted by atomic mass is 79.9. The molecule has 0 amide bonds. The minimum atomic E-state index is -3.56. The van der Waals surface area contributed by atoms with E-state index in [1.54, 1.807) is 0 Å². The number of sulfonamides is 1. The molecule has 1 rings (SSSR count). The van der Waals surface area contributed by atoms with Crippen LogP contribution in [0.4, 0.5) is 0 Å². The second-order valence-electron chi connectivity index (χ2n) is 3.01. The monoisotopic (exact) mass is 326 g/mol. The lowest BCUT2D eigenvalue weighted by Gasteiger charge is -2.05. The Morgan fingerprint density at radius 3 is 2.75 bits per heavy atom. The summed E-state index contributed by atoms with van der Waals surface area (Å²) in [6, 6.07) is 1.46. The molecule has 0 saturated heterocycles. The third-order valence-corrected chi connectivity index (χ3v) is 4.31. The summed E-state index contributed by atoms with van der Waals surface area (Å²) in [6.45, 7) is 0.151. The first-order valence-electron chi connectivity index (χ1n) is 4.32. The summed E-state index contributed by atoms with van der Waals surface area (Å²) in [5.41, 5.74) is 0. The van der Waals surface area contributed by atoms with Crippen molar-refractivity contribution in [3.05, 3.63) is 22.9 Å². The van der Waals surface area contributed by atoms with Gasteiger partial charge in [0.2, 0.25) is 10.0 Å². The molecular formula is C8H11BrN2O3S2. The van der Waals surface area contributed by atoms with E-state index >= 15 is 0 Å². The largest absolute Gasteiger partial charge is 0.262 e. The van der Waals surface area contributed by atoms with Gasteiger partial charge in [-0.15, -0.1) is 0 Å². The second kappa shape index (κ2) is 5.85. The van der Waals surface area contributed by atoms with Gasteiger partial charge in [-0.1, -0.05) is 0 Å². The first-order valence-corrected chi connectivity index (χ1v) is 8.32. The highest BCUT2D eigenvalue weighted by Gasteiger charge is 2.14. The predicted molar refractivity (Wildman–Crippen MR) is 66.1 cm³/mol. The van der Waals surface area contributed by atoms with Gasteiger partial charge in [0.1, 0.15) is 4.90 Å². The van der Waals surface area contributed by atoms with Gasteiger partial charge in [-0.2, -0.15) is 0 Å². The van der Waals surface area contributed by atoms with E-state index in [4.69, 9.17) is 0 Å². The Labute approximate surface area is 105 Å². The molecular weight excluding hydrogens is 316 g/mol. The number of pyridine rings is 1. The molecule has 1 atom stereocenters. The average molecular weight is 327 g/mol. The van der Waals surface area contributed by atoms with Crippen molar-refractivity contribution in [2.75, 3.05) is 18.6 Å². The minimum absolute atomic E-state index is 0.0868. The van der Waals surface area contributed by atoms with E-state index in [-0.39, 0.29) is 11.4 Å². The maximum atomic E-state index is 11.7. The fourth-order valence-electron chi connectivity index (χ4n) is 0.942. The average Bonchev–Trinajstić information content (AvgIpc) is 2.16. The molecule has 1 unspecified atom stereocenters. The predicted octanol–water partition coefficient (Wildman–Crippen LogP) is 0.501. The number of nitrogens with zero attached hydrogens (tertiary/aromatic N) is 1. The van der Waals surface area contributed by atoms with Crippen LogP contribution in [-0.4, -0.2) is 36.2 Å². The number of hydrogen-bond acceptors (Lipinski definition) is 4. The lowest BCUT2D eigenvalue weighted by Crippen LogP contribution is -2.27. The second-order valence-corrected chi connectivity index (χ2v) is 7.25. The Morgan fingerprint density at radius 1 is 1.50 bits per heavy atom. The van der Waals surface area contributed by atoms with Gasteiger partial charge >= 0.3 is 0 Å². The van der Waals surface area contributed by atoms with Crippen molar-refractivity contribution in [2.24, 2.45) is 0 Å². The van der Waals surface area contributed by atoms with E-state index < -0.39 is 20.8 Å². The molecule has 90 valence electrons. The molecule has 1 N–H and O–H groups in total. The summed E-state index contributed by atoms with van der Waals surface area (Å²) in [7, 11) is -4.57. The van der Waals surface area contributed by atoms with Gasteiger partial charge in [0, 0.05) is 46.2 Å². The fourth-order valence-corrected chi connectivity index (χ4v) is 3.00. The molecule has 1 heterocycles. The summed E-state index contributed by atoms with van der Waals surface area (Å²) >= 11 is 3.14. The summed E-state index contributed by atoms with van der Waals surface area (Å²) in [5, 5.41) is 0. The molecule has 0 aliphatic carbocycles. The van der Waals surface area contributed by atoms with Crippen molar-refractivity contribution in [3.8, 4) is 0 Å². The van der Waals surface area contributed by atoms with Gasteiger partial charge < -0.3 is 0 Å². The lowest BCUT2D eigenvalue weighted by atomic mass is 10.5. The number of halogens is 1. The zero-order chi connectivity index (χ0) is 12.2. The molecule has 0 radical (unpaired) electrons. The van der Waals surface area contributed by atoms with Crippen LogP contribution < -0.4 is 4.72 Å². The topological polar surface area (TPSA) is 76.1 Å². The molecule has 5 nitrogen and oxygen atoms in total. The van der Waals surface area contributed by atoms with E-state index in [9.17, 15) is 12.6 Å². The van der Waals surface area contributed by atoms with E-state index in [1.165, 1.54) is 24.7 Å². The van der Waals surface area contributed by atoms with Crippen molar-refractivity contribution in [3.63, 3.8) is 0 Å². The number of aromatic nitrogens is 1. The minimum Gasteiger partial charge on any atom is -0.262 e. The van der Waals surface area contributed by atoms with Crippen molar-refractivity contribution >= 4 is 36.8 Å². The standard InChI is InChI=1S/C8H11BrN2O3S2/c1-15(12)3-2-11-16(13,14)8-4-7(9)5-10-6-8/h4-6,11H,2-3H2,1H3. The molecule has 0 aromatic carbocycles. The molecule has 1 aromatic heterocycles. The summed E-state index contributed by atoms with van der Waals surface area (Å²) < 4.78 is 37.1. The van der Waals surface area contributed by atoms with Crippen molar-refractivity contribution in [1.82, 2.24) is 9.71 Å². The normalized spacial score (nSPS) is 13.6. The van der Waals surface area contributed by atoms with Gasteiger partial charge in [-0.05, 0) is 22.0 Å². The highest BCUT2D eigenvalue weighted by molar-refractivity contribution is 9.10. The molecule has 0 aliphatic heterocycles. The molecule has 0 spiro atoms. The first kappa shape index (κ1) is 13.8. The van der Waals surface area contributed by atoms with Crippen LogP contribution in [0.1, 0.15) is 0 Å². The molecule has 0 fully saturated rings. The third kappa shape index (κ3) is 4.28. The van der Waals surface area contributed by atoms with Crippen molar-refractivity contribution < 1.29 is 12.6 Å². The van der Waals surface area contributed by atoms with E-state index in [2.05, 4.69) is 25.6 Å². The fraction of sp³-hybridized carbons (Fsp3) is 0.375. The van der Waals surface area contributed by atoms with Gasteiger partial charge in [0.25, 0.3) is 0 Å². The molecule has 16 heavy (non-hydrogen) atoms. The molecule has 0 bridgehead atoms. The van der Waals surface area contributed by atoms with Gasteiger partial charge in [0.05, 0.1) is 0 Å². The summed E-state index contributed by atoms with van der Waals surface area (Å²) in [4.78, 5) is 3.85. The molecule has 0 aliphatic rings. The third-order valence-electron chi connectivity index (χ3n) is 1.67. The Kier molecular flexibility index (Phi) is 5.03. The van der Waals surface area contributed by atoms with E-state index in [1.807, 2.05) is 0 Å². The smallest absolute Gasteiger partial charge is 0.242 e. The van der Waals surface area contributed by atoms with E-state index in [0.29, 0.717) is 10.2 Å². The lowest BCUT2D eigenvalue weighted by molar-refractivity contribution is 0.583. The van der Waals surface area contributed by atoms with Crippen molar-refractivity contribution in [2.45, 2.75) is 4.90 Å². The Hall–Kier alpha value is -0.310. The highest BCUT2D eigenvalue weighted by Crippen LogP contribution is 2.13. The van der Waals surface area contributed by atoms with Crippen LogP contribution in [0.25, 0.3) is 0 Å². The first-order chi connectivity index (χ1) is 7.42. The van der Waals surface area contributed by atoms with Crippen LogP contribution in [0.2, 0.25) is 0 Å². The maximum Gasteiger partial charge on any atom is 0.242 e. The van der Waals surface area contributed by atoms with Crippen LogP contribution in [0.15, 0.2) is 27.8 Å². The quantitative estimate of drug-likeness (QED) is 0.854. The summed E-state index contributed by atoms with van der Waals surface area (Å²) in [5.74, 6) is 0.292. The van der Waals surface area contributed by atoms with Crippen LogP contribution in [0.5, 0.6) is 0 Å². The molecule has 8 heteroatoms.